The molecule has 1 N–H and O–H groups in total. The van der Waals surface area contributed by atoms with Crippen LogP contribution in [0.15, 0.2) is 41.6 Å². The zero-order valence-electron chi connectivity index (χ0n) is 12.6. The summed E-state index contributed by atoms with van der Waals surface area (Å²) < 4.78 is 0. The van der Waals surface area contributed by atoms with Crippen molar-refractivity contribution in [3.05, 3.63) is 58.9 Å². The van der Waals surface area contributed by atoms with Crippen molar-refractivity contribution in [2.45, 2.75) is 25.2 Å². The van der Waals surface area contributed by atoms with Crippen LogP contribution in [-0.2, 0) is 11.3 Å². The van der Waals surface area contributed by atoms with Crippen molar-refractivity contribution in [1.82, 2.24) is 10.2 Å². The number of oxime groups is 1. The number of hydrogen-bond acceptors (Lipinski definition) is 3. The van der Waals surface area contributed by atoms with Crippen LogP contribution in [-0.4, -0.2) is 23.0 Å². The second-order valence-corrected chi connectivity index (χ2v) is 5.98. The third-order valence-electron chi connectivity index (χ3n) is 4.43. The maximum Gasteiger partial charge on any atom is 0.117 e. The number of nitrogens with zero attached hydrogens (tertiary/aromatic N) is 2. The summed E-state index contributed by atoms with van der Waals surface area (Å²) in [5.74, 6) is 0.915. The van der Waals surface area contributed by atoms with Crippen LogP contribution in [0.25, 0.3) is 6.08 Å². The molecule has 2 aliphatic carbocycles. The molecular formula is C18H19N3O. The molecule has 4 nitrogen and oxygen atoms in total. The van der Waals surface area contributed by atoms with Gasteiger partial charge in [-0.05, 0) is 18.4 Å². The van der Waals surface area contributed by atoms with Crippen molar-refractivity contribution in [1.29, 1.82) is 0 Å². The summed E-state index contributed by atoms with van der Waals surface area (Å²) in [6.45, 7) is 0. The van der Waals surface area contributed by atoms with Crippen molar-refractivity contribution in [2.75, 3.05) is 7.11 Å². The van der Waals surface area contributed by atoms with Gasteiger partial charge in [0.25, 0.3) is 0 Å². The Morgan fingerprint density at radius 2 is 2.09 bits per heavy atom. The van der Waals surface area contributed by atoms with Gasteiger partial charge in [0.05, 0.1) is 0 Å². The van der Waals surface area contributed by atoms with Crippen LogP contribution in [0.1, 0.15) is 41.3 Å². The molecule has 1 saturated carbocycles. The highest BCUT2D eigenvalue weighted by atomic mass is 16.6. The van der Waals surface area contributed by atoms with Gasteiger partial charge in [-0.15, -0.1) is 0 Å². The minimum atomic E-state index is 0.408. The lowest BCUT2D eigenvalue weighted by Gasteiger charge is -2.17. The van der Waals surface area contributed by atoms with Gasteiger partial charge in [-0.1, -0.05) is 47.6 Å². The second kappa shape index (κ2) is 5.44. The third kappa shape index (κ3) is 2.34. The first-order valence-corrected chi connectivity index (χ1v) is 7.78. The van der Waals surface area contributed by atoms with Crippen molar-refractivity contribution >= 4 is 11.8 Å². The lowest BCUT2D eigenvalue weighted by molar-refractivity contribution is 0.212. The highest BCUT2D eigenvalue weighted by molar-refractivity contribution is 6.04. The second-order valence-electron chi connectivity index (χ2n) is 5.98. The molecule has 1 aromatic heterocycles. The van der Waals surface area contributed by atoms with Crippen molar-refractivity contribution in [3.63, 3.8) is 0 Å². The first-order chi connectivity index (χ1) is 10.9. The van der Waals surface area contributed by atoms with E-state index >= 15 is 0 Å². The van der Waals surface area contributed by atoms with E-state index < -0.39 is 0 Å². The first-order valence-electron chi connectivity index (χ1n) is 7.78. The van der Waals surface area contributed by atoms with Gasteiger partial charge in [-0.2, -0.15) is 5.10 Å². The third-order valence-corrected chi connectivity index (χ3v) is 4.43. The zero-order valence-corrected chi connectivity index (χ0v) is 12.6. The minimum Gasteiger partial charge on any atom is -0.399 e. The van der Waals surface area contributed by atoms with Gasteiger partial charge >= 0.3 is 0 Å². The molecule has 0 aliphatic heterocycles. The number of aromatic amines is 1. The van der Waals surface area contributed by atoms with Gasteiger partial charge in [-0.3, -0.25) is 5.10 Å². The number of benzene rings is 1. The standard InChI is InChI=1S/C18H19N3O/c1-22-21-17(13-7-8-13)18-15-10-9-14(11-16(15)19-20-18)12-5-3-2-4-6-12/h2-6,9-10,13-14H,7-8,11H2,1H3,(H,19,20). The van der Waals surface area contributed by atoms with E-state index in [1.165, 1.54) is 29.7 Å². The predicted molar refractivity (Wildman–Crippen MR) is 86.8 cm³/mol. The molecule has 1 unspecified atom stereocenters. The quantitative estimate of drug-likeness (QED) is 0.692. The summed E-state index contributed by atoms with van der Waals surface area (Å²) in [6, 6.07) is 10.6. The Morgan fingerprint density at radius 3 is 2.82 bits per heavy atom. The van der Waals surface area contributed by atoms with Crippen molar-refractivity contribution < 1.29 is 4.84 Å². The molecule has 4 heteroatoms. The predicted octanol–water partition coefficient (Wildman–Crippen LogP) is 3.52. The molecule has 4 rings (SSSR count). The van der Waals surface area contributed by atoms with Crippen LogP contribution in [0, 0.1) is 5.92 Å². The molecular weight excluding hydrogens is 274 g/mol. The average Bonchev–Trinajstić information content (AvgIpc) is 3.33. The van der Waals surface area contributed by atoms with Crippen LogP contribution in [0.2, 0.25) is 0 Å². The van der Waals surface area contributed by atoms with E-state index in [-0.39, 0.29) is 0 Å². The molecule has 112 valence electrons. The molecule has 1 atom stereocenters. The van der Waals surface area contributed by atoms with E-state index in [4.69, 9.17) is 4.84 Å². The Kier molecular flexibility index (Phi) is 3.29. The largest absolute Gasteiger partial charge is 0.399 e. The summed E-state index contributed by atoms with van der Waals surface area (Å²) in [6.07, 6.45) is 7.77. The molecule has 2 aromatic rings. The Morgan fingerprint density at radius 1 is 1.27 bits per heavy atom. The van der Waals surface area contributed by atoms with Gasteiger partial charge in [0.2, 0.25) is 0 Å². The Labute approximate surface area is 129 Å². The molecule has 0 spiro atoms. The van der Waals surface area contributed by atoms with Gasteiger partial charge in [0.15, 0.2) is 0 Å². The zero-order chi connectivity index (χ0) is 14.9. The van der Waals surface area contributed by atoms with Crippen molar-refractivity contribution in [2.24, 2.45) is 11.1 Å². The molecule has 0 radical (unpaired) electrons. The lowest BCUT2D eigenvalue weighted by Crippen LogP contribution is -2.09. The highest BCUT2D eigenvalue weighted by Gasteiger charge is 2.33. The molecule has 0 amide bonds. The first kappa shape index (κ1) is 13.3. The lowest BCUT2D eigenvalue weighted by atomic mass is 9.87. The molecule has 1 aromatic carbocycles. The summed E-state index contributed by atoms with van der Waals surface area (Å²) in [5, 5.41) is 11.9. The fourth-order valence-electron chi connectivity index (χ4n) is 3.11. The van der Waals surface area contributed by atoms with Gasteiger partial charge in [-0.25, -0.2) is 0 Å². The van der Waals surface area contributed by atoms with E-state index in [2.05, 4.69) is 57.8 Å². The smallest absolute Gasteiger partial charge is 0.117 e. The number of nitrogens with one attached hydrogen (secondary N) is 1. The van der Waals surface area contributed by atoms with E-state index in [1.54, 1.807) is 7.11 Å². The fourth-order valence-corrected chi connectivity index (χ4v) is 3.11. The van der Waals surface area contributed by atoms with E-state index in [9.17, 15) is 0 Å². The maximum atomic E-state index is 5.02. The molecule has 0 saturated heterocycles. The maximum absolute atomic E-state index is 5.02. The Balaban J connectivity index is 1.65. The summed E-state index contributed by atoms with van der Waals surface area (Å²) in [5.41, 5.74) is 5.66. The van der Waals surface area contributed by atoms with Crippen LogP contribution >= 0.6 is 0 Å². The van der Waals surface area contributed by atoms with E-state index in [0.717, 1.165) is 17.8 Å². The topological polar surface area (TPSA) is 50.3 Å². The summed E-state index contributed by atoms with van der Waals surface area (Å²) >= 11 is 0. The van der Waals surface area contributed by atoms with Crippen LogP contribution in [0.4, 0.5) is 0 Å². The number of hydrogen-bond donors (Lipinski definition) is 1. The van der Waals surface area contributed by atoms with Crippen LogP contribution in [0.3, 0.4) is 0 Å². The molecule has 0 bridgehead atoms. The Bertz CT molecular complexity index is 726. The summed E-state index contributed by atoms with van der Waals surface area (Å²) in [7, 11) is 1.60. The van der Waals surface area contributed by atoms with Crippen LogP contribution < -0.4 is 0 Å². The minimum absolute atomic E-state index is 0.408. The fraction of sp³-hybridized carbons (Fsp3) is 0.333. The molecule has 2 aliphatic rings. The number of H-pyrrole nitrogens is 1. The number of fused-ring (bicyclic) bond motifs is 1. The Hall–Kier alpha value is -2.36. The molecule has 1 fully saturated rings. The normalized spacial score (nSPS) is 20.8. The van der Waals surface area contributed by atoms with Gasteiger partial charge < -0.3 is 4.84 Å². The summed E-state index contributed by atoms with van der Waals surface area (Å²) in [4.78, 5) is 5.02. The number of rotatable bonds is 4. The molecule has 22 heavy (non-hydrogen) atoms. The van der Waals surface area contributed by atoms with E-state index in [1.807, 2.05) is 0 Å². The van der Waals surface area contributed by atoms with Crippen molar-refractivity contribution in [3.8, 4) is 0 Å². The average molecular weight is 293 g/mol. The molecule has 1 heterocycles. The van der Waals surface area contributed by atoms with E-state index in [0.29, 0.717) is 11.8 Å². The monoisotopic (exact) mass is 293 g/mol. The van der Waals surface area contributed by atoms with Gasteiger partial charge in [0, 0.05) is 29.5 Å². The van der Waals surface area contributed by atoms with Gasteiger partial charge in [0.1, 0.15) is 18.5 Å². The van der Waals surface area contributed by atoms with Crippen LogP contribution in [0.5, 0.6) is 0 Å². The SMILES string of the molecule is CON=C(c1n[nH]c2c1C=CC(c1ccccc1)C2)C1CC1. The number of allylic oxidation sites excluding steroid dienone is 1. The highest BCUT2D eigenvalue weighted by Crippen LogP contribution is 2.36. The number of aromatic nitrogens is 2.